The van der Waals surface area contributed by atoms with Crippen molar-refractivity contribution in [3.05, 3.63) is 95.8 Å². The predicted octanol–water partition coefficient (Wildman–Crippen LogP) is 5.53. The van der Waals surface area contributed by atoms with Gasteiger partial charge >= 0.3 is 0 Å². The summed E-state index contributed by atoms with van der Waals surface area (Å²) in [4.78, 5) is 30.0. The molecule has 0 unspecified atom stereocenters. The number of rotatable bonds is 12. The quantitative estimate of drug-likeness (QED) is 0.121. The molecule has 1 aromatic heterocycles. The van der Waals surface area contributed by atoms with E-state index in [2.05, 4.69) is 10.3 Å². The molecule has 2 amide bonds. The van der Waals surface area contributed by atoms with Crippen molar-refractivity contribution < 1.29 is 28.3 Å². The van der Waals surface area contributed by atoms with Gasteiger partial charge in [-0.3, -0.25) is 19.2 Å². The van der Waals surface area contributed by atoms with Crippen molar-refractivity contribution in [2.45, 2.75) is 63.2 Å². The number of ether oxygens (including phenoxy) is 2. The molecular weight excluding hydrogens is 617 g/mol. The van der Waals surface area contributed by atoms with Gasteiger partial charge in [0.1, 0.15) is 5.75 Å². The maximum atomic E-state index is 16.2. The number of para-hydroxylation sites is 1. The second-order valence-electron chi connectivity index (χ2n) is 12.8. The molecule has 4 aromatic rings. The number of carbonyl (C=O) groups is 2. The van der Waals surface area contributed by atoms with Crippen LogP contribution in [0, 0.1) is 5.92 Å². The first-order valence-electron chi connectivity index (χ1n) is 15.9. The summed E-state index contributed by atoms with van der Waals surface area (Å²) in [7, 11) is -1.77. The van der Waals surface area contributed by atoms with Gasteiger partial charge in [0, 0.05) is 54.2 Å². The van der Waals surface area contributed by atoms with Gasteiger partial charge in [0.25, 0.3) is 5.91 Å². The number of aromatic nitrogens is 3. The van der Waals surface area contributed by atoms with E-state index in [0.717, 1.165) is 17.7 Å². The SMILES string of the molecule is COc1ccc2c(c1)[C@@]1(O[C@H](CCn3cc(CCO)nn3)[C@@H]([Si](C)(C)F)[C@@H]1C)C(=O)N2Cc1ccc(N(C=O)c2ccccc2)cc1. The summed E-state index contributed by atoms with van der Waals surface area (Å²) >= 11 is 0. The van der Waals surface area contributed by atoms with E-state index in [-0.39, 0.29) is 19.1 Å². The smallest absolute Gasteiger partial charge is 0.264 e. The highest BCUT2D eigenvalue weighted by Crippen LogP contribution is 2.60. The molecule has 6 rings (SSSR count). The fourth-order valence-electron chi connectivity index (χ4n) is 7.32. The number of aliphatic hydroxyl groups excluding tert-OH is 1. The molecule has 10 nitrogen and oxygen atoms in total. The van der Waals surface area contributed by atoms with E-state index in [1.54, 1.807) is 40.9 Å². The van der Waals surface area contributed by atoms with Crippen molar-refractivity contribution in [1.82, 2.24) is 15.0 Å². The zero-order chi connectivity index (χ0) is 33.3. The molecule has 2 aliphatic heterocycles. The number of hydrogen-bond acceptors (Lipinski definition) is 7. The summed E-state index contributed by atoms with van der Waals surface area (Å²) in [5.74, 6) is -0.0888. The van der Waals surface area contributed by atoms with E-state index >= 15 is 4.11 Å². The predicted molar refractivity (Wildman–Crippen MR) is 179 cm³/mol. The number of nitrogens with zero attached hydrogens (tertiary/aromatic N) is 5. The molecule has 246 valence electrons. The molecule has 4 atom stereocenters. The van der Waals surface area contributed by atoms with Crippen LogP contribution in [-0.4, -0.2) is 60.6 Å². The van der Waals surface area contributed by atoms with Crippen LogP contribution in [-0.2, 0) is 39.4 Å². The number of anilines is 3. The summed E-state index contributed by atoms with van der Waals surface area (Å²) in [5, 5.41) is 17.5. The van der Waals surface area contributed by atoms with Crippen molar-refractivity contribution in [3.63, 3.8) is 0 Å². The summed E-state index contributed by atoms with van der Waals surface area (Å²) < 4.78 is 30.3. The minimum absolute atomic E-state index is 0.0231. The lowest BCUT2D eigenvalue weighted by molar-refractivity contribution is -0.146. The Hall–Kier alpha value is -4.39. The molecule has 1 N–H and O–H groups in total. The van der Waals surface area contributed by atoms with E-state index in [1.807, 2.05) is 79.7 Å². The molecule has 0 bridgehead atoms. The zero-order valence-electron chi connectivity index (χ0n) is 27.0. The molecule has 0 saturated carbocycles. The first kappa shape index (κ1) is 32.5. The maximum Gasteiger partial charge on any atom is 0.264 e. The number of hydrogen-bond donors (Lipinski definition) is 1. The molecule has 1 saturated heterocycles. The number of aryl methyl sites for hydroxylation is 1. The van der Waals surface area contributed by atoms with Crippen molar-refractivity contribution in [3.8, 4) is 5.75 Å². The topological polar surface area (TPSA) is 110 Å². The van der Waals surface area contributed by atoms with E-state index in [1.165, 1.54) is 0 Å². The van der Waals surface area contributed by atoms with Crippen LogP contribution in [0.5, 0.6) is 5.75 Å². The van der Waals surface area contributed by atoms with E-state index < -0.39 is 31.6 Å². The highest BCUT2D eigenvalue weighted by Gasteiger charge is 2.66. The summed E-state index contributed by atoms with van der Waals surface area (Å²) in [6.45, 7) is 5.98. The van der Waals surface area contributed by atoms with E-state index in [0.29, 0.717) is 47.8 Å². The number of amides is 2. The molecule has 3 heterocycles. The van der Waals surface area contributed by atoms with Gasteiger partial charge in [-0.05, 0) is 67.5 Å². The zero-order valence-corrected chi connectivity index (χ0v) is 28.0. The third kappa shape index (κ3) is 5.96. The Morgan fingerprint density at radius 3 is 2.49 bits per heavy atom. The maximum absolute atomic E-state index is 16.2. The average Bonchev–Trinajstić information content (AvgIpc) is 3.71. The van der Waals surface area contributed by atoms with Crippen molar-refractivity contribution in [2.75, 3.05) is 23.5 Å². The second kappa shape index (κ2) is 13.0. The van der Waals surface area contributed by atoms with Crippen LogP contribution in [0.2, 0.25) is 18.6 Å². The minimum Gasteiger partial charge on any atom is -0.497 e. The Labute approximate surface area is 274 Å². The summed E-state index contributed by atoms with van der Waals surface area (Å²) in [6, 6.07) is 22.4. The van der Waals surface area contributed by atoms with Crippen LogP contribution in [0.3, 0.4) is 0 Å². The Morgan fingerprint density at radius 1 is 1.11 bits per heavy atom. The minimum atomic E-state index is -3.35. The fourth-order valence-corrected chi connectivity index (χ4v) is 9.86. The lowest BCUT2D eigenvalue weighted by Crippen LogP contribution is -2.45. The number of carbonyl (C=O) groups excluding carboxylic acids is 2. The lowest BCUT2D eigenvalue weighted by Gasteiger charge is -2.31. The van der Waals surface area contributed by atoms with Gasteiger partial charge in [-0.2, -0.15) is 0 Å². The standard InChI is InChI=1S/C35H40FN5O5Si/c1-24-33(47(3,4)36)32(16-18-39-22-26(17-19-42)37-38-39)46-35(24)30-20-29(45-2)14-15-31(30)40(34(35)44)21-25-10-12-28(13-11-25)41(23-43)27-8-6-5-7-9-27/h5-15,20,22-24,32-33,42H,16-19,21H2,1-4H3/t24-,32+,33-,35+/m0/s1. The van der Waals surface area contributed by atoms with Crippen LogP contribution in [0.4, 0.5) is 21.2 Å². The second-order valence-corrected chi connectivity index (χ2v) is 16.6. The Kier molecular flexibility index (Phi) is 9.01. The van der Waals surface area contributed by atoms with Crippen molar-refractivity contribution >= 4 is 37.8 Å². The average molecular weight is 658 g/mol. The number of fused-ring (bicyclic) bond motifs is 2. The normalized spacial score (nSPS) is 22.1. The number of benzene rings is 3. The Balaban J connectivity index is 1.31. The monoisotopic (exact) mass is 657 g/mol. The highest BCUT2D eigenvalue weighted by molar-refractivity contribution is 6.72. The molecule has 2 aliphatic rings. The number of halogens is 1. The first-order chi connectivity index (χ1) is 22.6. The first-order valence-corrected chi connectivity index (χ1v) is 18.8. The lowest BCUT2D eigenvalue weighted by atomic mass is 9.82. The fraction of sp³-hybridized carbons (Fsp3) is 0.371. The highest BCUT2D eigenvalue weighted by atomic mass is 28.4. The van der Waals surface area contributed by atoms with Gasteiger partial charge in [-0.25, -0.2) is 0 Å². The molecule has 47 heavy (non-hydrogen) atoms. The van der Waals surface area contributed by atoms with Crippen LogP contribution in [0.15, 0.2) is 79.0 Å². The largest absolute Gasteiger partial charge is 0.497 e. The van der Waals surface area contributed by atoms with Gasteiger partial charge < -0.3 is 23.6 Å². The molecule has 0 aliphatic carbocycles. The number of aliphatic hydroxyl groups is 1. The van der Waals surface area contributed by atoms with Gasteiger partial charge in [-0.1, -0.05) is 42.5 Å². The van der Waals surface area contributed by atoms with Crippen molar-refractivity contribution in [1.29, 1.82) is 0 Å². The van der Waals surface area contributed by atoms with Crippen LogP contribution in [0.1, 0.15) is 30.2 Å². The van der Waals surface area contributed by atoms with Crippen LogP contribution >= 0.6 is 0 Å². The van der Waals surface area contributed by atoms with Crippen LogP contribution in [0.25, 0.3) is 0 Å². The molecule has 3 aromatic carbocycles. The third-order valence-electron chi connectivity index (χ3n) is 9.46. The van der Waals surface area contributed by atoms with Crippen LogP contribution < -0.4 is 14.5 Å². The van der Waals surface area contributed by atoms with Gasteiger partial charge in [0.2, 0.25) is 14.8 Å². The summed E-state index contributed by atoms with van der Waals surface area (Å²) in [6.07, 6.45) is 2.87. The molecule has 1 fully saturated rings. The number of methoxy groups -OCH3 is 1. The Bertz CT molecular complexity index is 1730. The van der Waals surface area contributed by atoms with Gasteiger partial charge in [0.05, 0.1) is 31.1 Å². The summed E-state index contributed by atoms with van der Waals surface area (Å²) in [5.41, 5.74) is 2.53. The molecule has 1 spiro atoms. The van der Waals surface area contributed by atoms with Crippen molar-refractivity contribution in [2.24, 2.45) is 5.92 Å². The molecular formula is C35H40FN5O5Si. The van der Waals surface area contributed by atoms with E-state index in [4.69, 9.17) is 9.47 Å². The Morgan fingerprint density at radius 2 is 1.83 bits per heavy atom. The van der Waals surface area contributed by atoms with E-state index in [9.17, 15) is 14.7 Å². The molecule has 12 heteroatoms. The van der Waals surface area contributed by atoms with Gasteiger partial charge in [-0.15, -0.1) is 5.10 Å². The third-order valence-corrected chi connectivity index (χ3v) is 11.9. The molecule has 0 radical (unpaired) electrons. The van der Waals surface area contributed by atoms with Gasteiger partial charge in [0.15, 0.2) is 5.60 Å².